The fourth-order valence-corrected chi connectivity index (χ4v) is 3.06. The number of nitrogens with zero attached hydrogens (tertiary/aromatic N) is 5. The van der Waals surface area contributed by atoms with Gasteiger partial charge >= 0.3 is 0 Å². The first kappa shape index (κ1) is 15.9. The van der Waals surface area contributed by atoms with Crippen LogP contribution in [-0.2, 0) is 0 Å². The number of rotatable bonds is 5. The van der Waals surface area contributed by atoms with Crippen LogP contribution in [0, 0.1) is 19.8 Å². The zero-order chi connectivity index (χ0) is 17.6. The second kappa shape index (κ2) is 6.06. The summed E-state index contributed by atoms with van der Waals surface area (Å²) in [6.45, 7) is 8.26. The van der Waals surface area contributed by atoms with Gasteiger partial charge in [0, 0.05) is 11.6 Å². The lowest BCUT2D eigenvalue weighted by molar-refractivity contribution is 0.332. The Morgan fingerprint density at radius 2 is 1.96 bits per heavy atom. The van der Waals surface area contributed by atoms with Gasteiger partial charge in [0.15, 0.2) is 11.5 Å². The highest BCUT2D eigenvalue weighted by molar-refractivity contribution is 5.89. The Hall–Kier alpha value is -2.57. The van der Waals surface area contributed by atoms with Crippen LogP contribution in [0.5, 0.6) is 0 Å². The normalized spacial score (nSPS) is 15.7. The van der Waals surface area contributed by atoms with Gasteiger partial charge in [-0.3, -0.25) is 0 Å². The average Bonchev–Trinajstić information content (AvgIpc) is 3.30. The lowest BCUT2D eigenvalue weighted by Crippen LogP contribution is -2.18. The molecule has 3 aromatic heterocycles. The van der Waals surface area contributed by atoms with Gasteiger partial charge in [0.25, 0.3) is 0 Å². The maximum absolute atomic E-state index is 5.54. The molecule has 0 aliphatic heterocycles. The van der Waals surface area contributed by atoms with Crippen molar-refractivity contribution in [2.45, 2.75) is 52.5 Å². The summed E-state index contributed by atoms with van der Waals surface area (Å²) in [6.07, 6.45) is 3.84. The summed E-state index contributed by atoms with van der Waals surface area (Å²) in [7, 11) is 0. The SMILES string of the molecule is Cc1cc(C)c2c(N[C@H](c3nc(C4CC4)no3)C(C)C)ncnc2n1. The molecule has 0 bridgehead atoms. The second-order valence-electron chi connectivity index (χ2n) is 7.13. The Morgan fingerprint density at radius 1 is 1.16 bits per heavy atom. The fraction of sp³-hybridized carbons (Fsp3) is 0.500. The van der Waals surface area contributed by atoms with Crippen LogP contribution in [-0.4, -0.2) is 25.1 Å². The van der Waals surface area contributed by atoms with Crippen LogP contribution in [0.25, 0.3) is 11.0 Å². The minimum atomic E-state index is -0.112. The molecule has 130 valence electrons. The summed E-state index contributed by atoms with van der Waals surface area (Å²) in [6, 6.07) is 1.93. The van der Waals surface area contributed by atoms with Crippen LogP contribution in [0.4, 0.5) is 5.82 Å². The van der Waals surface area contributed by atoms with Crippen molar-refractivity contribution in [3.8, 4) is 0 Å². The number of aromatic nitrogens is 5. The first-order valence-corrected chi connectivity index (χ1v) is 8.72. The van der Waals surface area contributed by atoms with Gasteiger partial charge < -0.3 is 9.84 Å². The minimum Gasteiger partial charge on any atom is -0.357 e. The molecule has 4 rings (SSSR count). The Morgan fingerprint density at radius 3 is 2.68 bits per heavy atom. The van der Waals surface area contributed by atoms with E-state index in [-0.39, 0.29) is 12.0 Å². The molecule has 0 unspecified atom stereocenters. The Balaban J connectivity index is 1.71. The van der Waals surface area contributed by atoms with Gasteiger partial charge in [-0.2, -0.15) is 4.98 Å². The molecule has 1 aliphatic rings. The molecule has 0 spiro atoms. The lowest BCUT2D eigenvalue weighted by atomic mass is 10.0. The molecular formula is C18H22N6O. The summed E-state index contributed by atoms with van der Waals surface area (Å²) >= 11 is 0. The summed E-state index contributed by atoms with van der Waals surface area (Å²) in [5, 5.41) is 8.56. The van der Waals surface area contributed by atoms with Gasteiger partial charge in [-0.1, -0.05) is 19.0 Å². The van der Waals surface area contributed by atoms with Gasteiger partial charge in [-0.25, -0.2) is 15.0 Å². The van der Waals surface area contributed by atoms with Crippen LogP contribution >= 0.6 is 0 Å². The van der Waals surface area contributed by atoms with Gasteiger partial charge in [-0.05, 0) is 44.2 Å². The van der Waals surface area contributed by atoms with Gasteiger partial charge in [-0.15, -0.1) is 0 Å². The van der Waals surface area contributed by atoms with Crippen molar-refractivity contribution >= 4 is 16.9 Å². The fourth-order valence-electron chi connectivity index (χ4n) is 3.06. The highest BCUT2D eigenvalue weighted by Crippen LogP contribution is 2.39. The number of aryl methyl sites for hydroxylation is 2. The molecule has 0 radical (unpaired) electrons. The molecule has 0 aromatic carbocycles. The molecule has 1 atom stereocenters. The average molecular weight is 338 g/mol. The van der Waals surface area contributed by atoms with Crippen LogP contribution in [0.15, 0.2) is 16.9 Å². The number of hydrogen-bond acceptors (Lipinski definition) is 7. The quantitative estimate of drug-likeness (QED) is 0.758. The summed E-state index contributed by atoms with van der Waals surface area (Å²) < 4.78 is 5.54. The largest absolute Gasteiger partial charge is 0.357 e. The van der Waals surface area contributed by atoms with E-state index in [0.717, 1.165) is 41.1 Å². The molecule has 25 heavy (non-hydrogen) atoms. The Kier molecular flexibility index (Phi) is 3.86. The van der Waals surface area contributed by atoms with E-state index in [0.29, 0.717) is 17.5 Å². The van der Waals surface area contributed by atoms with E-state index in [2.05, 4.69) is 44.3 Å². The zero-order valence-electron chi connectivity index (χ0n) is 14.9. The molecule has 1 aliphatic carbocycles. The molecule has 0 amide bonds. The van der Waals surface area contributed by atoms with E-state index >= 15 is 0 Å². The molecule has 1 fully saturated rings. The molecule has 7 nitrogen and oxygen atoms in total. The molecular weight excluding hydrogens is 316 g/mol. The van der Waals surface area contributed by atoms with Crippen molar-refractivity contribution < 1.29 is 4.52 Å². The predicted octanol–water partition coefficient (Wildman–Crippen LogP) is 3.71. The maximum Gasteiger partial charge on any atom is 0.249 e. The minimum absolute atomic E-state index is 0.112. The number of anilines is 1. The first-order chi connectivity index (χ1) is 12.0. The smallest absolute Gasteiger partial charge is 0.249 e. The van der Waals surface area contributed by atoms with Crippen molar-refractivity contribution in [3.05, 3.63) is 35.4 Å². The van der Waals surface area contributed by atoms with E-state index in [1.165, 1.54) is 6.33 Å². The summed E-state index contributed by atoms with van der Waals surface area (Å²) in [4.78, 5) is 17.9. The van der Waals surface area contributed by atoms with Crippen molar-refractivity contribution in [1.29, 1.82) is 0 Å². The highest BCUT2D eigenvalue weighted by Gasteiger charge is 2.31. The summed E-state index contributed by atoms with van der Waals surface area (Å²) in [5.41, 5.74) is 2.74. The third kappa shape index (κ3) is 3.06. The molecule has 0 saturated heterocycles. The Labute approximate surface area is 146 Å². The number of hydrogen-bond donors (Lipinski definition) is 1. The zero-order valence-corrected chi connectivity index (χ0v) is 14.9. The van der Waals surface area contributed by atoms with Crippen LogP contribution in [0.3, 0.4) is 0 Å². The number of fused-ring (bicyclic) bond motifs is 1. The van der Waals surface area contributed by atoms with E-state index in [1.807, 2.05) is 19.9 Å². The van der Waals surface area contributed by atoms with E-state index in [9.17, 15) is 0 Å². The number of pyridine rings is 1. The molecule has 7 heteroatoms. The van der Waals surface area contributed by atoms with Crippen molar-refractivity contribution in [2.24, 2.45) is 5.92 Å². The van der Waals surface area contributed by atoms with Crippen LogP contribution in [0.1, 0.15) is 61.6 Å². The van der Waals surface area contributed by atoms with E-state index in [4.69, 9.17) is 4.52 Å². The van der Waals surface area contributed by atoms with E-state index in [1.54, 1.807) is 0 Å². The van der Waals surface area contributed by atoms with Gasteiger partial charge in [0.05, 0.1) is 5.39 Å². The van der Waals surface area contributed by atoms with Crippen molar-refractivity contribution in [3.63, 3.8) is 0 Å². The van der Waals surface area contributed by atoms with Gasteiger partial charge in [0.2, 0.25) is 5.89 Å². The standard InChI is InChI=1S/C18H22N6O/c1-9(2)14(18-23-15(24-25-18)12-5-6-12)22-17-13-10(3)7-11(4)21-16(13)19-8-20-17/h7-9,12,14H,5-6H2,1-4H3,(H,19,20,21,22)/t14-/m0/s1. The Bertz CT molecular complexity index is 915. The third-order valence-electron chi connectivity index (χ3n) is 4.55. The van der Waals surface area contributed by atoms with Crippen molar-refractivity contribution in [1.82, 2.24) is 25.1 Å². The third-order valence-corrected chi connectivity index (χ3v) is 4.55. The lowest BCUT2D eigenvalue weighted by Gasteiger charge is -2.20. The van der Waals surface area contributed by atoms with Gasteiger partial charge in [0.1, 0.15) is 18.2 Å². The van der Waals surface area contributed by atoms with E-state index < -0.39 is 0 Å². The molecule has 3 aromatic rings. The molecule has 3 heterocycles. The monoisotopic (exact) mass is 338 g/mol. The molecule has 1 N–H and O–H groups in total. The number of nitrogens with one attached hydrogen (secondary N) is 1. The second-order valence-corrected chi connectivity index (χ2v) is 7.13. The first-order valence-electron chi connectivity index (χ1n) is 8.72. The van der Waals surface area contributed by atoms with Crippen LogP contribution < -0.4 is 5.32 Å². The highest BCUT2D eigenvalue weighted by atomic mass is 16.5. The molecule has 1 saturated carbocycles. The van der Waals surface area contributed by atoms with Crippen LogP contribution in [0.2, 0.25) is 0 Å². The summed E-state index contributed by atoms with van der Waals surface area (Å²) in [5.74, 6) is 2.92. The van der Waals surface area contributed by atoms with Crippen molar-refractivity contribution in [2.75, 3.05) is 5.32 Å². The topological polar surface area (TPSA) is 89.6 Å². The maximum atomic E-state index is 5.54. The predicted molar refractivity (Wildman–Crippen MR) is 94.3 cm³/mol.